The van der Waals surface area contributed by atoms with Crippen molar-refractivity contribution in [3.63, 3.8) is 0 Å². The average molecular weight is 538 g/mol. The first-order chi connectivity index (χ1) is 17.4. The first kappa shape index (κ1) is 25.4. The Morgan fingerprint density at radius 3 is 2.50 bits per heavy atom. The van der Waals surface area contributed by atoms with E-state index in [4.69, 9.17) is 44.3 Å². The molecule has 0 aliphatic heterocycles. The first-order valence-corrected chi connectivity index (χ1v) is 11.9. The molecule has 1 N–H and O–H groups in total. The average Bonchev–Trinajstić information content (AvgIpc) is 2.88. The molecular weight excluding hydrogens is 519 g/mol. The van der Waals surface area contributed by atoms with E-state index in [0.29, 0.717) is 22.7 Å². The number of amides is 1. The van der Waals surface area contributed by atoms with E-state index in [-0.39, 0.29) is 27.2 Å². The summed E-state index contributed by atoms with van der Waals surface area (Å²) in [4.78, 5) is 12.7. The van der Waals surface area contributed by atoms with Crippen molar-refractivity contribution in [2.45, 2.75) is 6.61 Å². The molecule has 1 amide bonds. The van der Waals surface area contributed by atoms with E-state index in [1.807, 2.05) is 42.5 Å². The standard InChI is InChI=1S/C28H19Cl3N2O3/c1-35-25-14-18(12-21(15-32)28(34)33-24-8-4-7-22(29)26(24)31)13-23(30)27(25)36-16-17-9-10-19-5-2-3-6-20(19)11-17/h2-14H,16H2,1H3,(H,33,34)/b21-12-. The molecule has 0 aliphatic rings. The summed E-state index contributed by atoms with van der Waals surface area (Å²) >= 11 is 18.6. The molecule has 0 aromatic heterocycles. The molecule has 36 heavy (non-hydrogen) atoms. The summed E-state index contributed by atoms with van der Waals surface area (Å²) in [6.45, 7) is 0.280. The van der Waals surface area contributed by atoms with Crippen LogP contribution in [-0.4, -0.2) is 13.0 Å². The molecule has 8 heteroatoms. The van der Waals surface area contributed by atoms with Crippen molar-refractivity contribution in [2.24, 2.45) is 0 Å². The van der Waals surface area contributed by atoms with Crippen molar-refractivity contribution in [3.05, 3.63) is 105 Å². The maximum Gasteiger partial charge on any atom is 0.266 e. The second kappa shape index (κ2) is 11.4. The number of methoxy groups -OCH3 is 1. The first-order valence-electron chi connectivity index (χ1n) is 10.7. The number of fused-ring (bicyclic) bond motifs is 1. The summed E-state index contributed by atoms with van der Waals surface area (Å²) < 4.78 is 11.5. The Labute approximate surface area is 223 Å². The molecule has 4 aromatic rings. The van der Waals surface area contributed by atoms with Crippen molar-refractivity contribution < 1.29 is 14.3 Å². The fraction of sp³-hybridized carbons (Fsp3) is 0.0714. The SMILES string of the molecule is COc1cc(/C=C(/C#N)C(=O)Nc2cccc(Cl)c2Cl)cc(Cl)c1OCc1ccc2ccccc2c1. The van der Waals surface area contributed by atoms with E-state index in [0.717, 1.165) is 16.3 Å². The van der Waals surface area contributed by atoms with Gasteiger partial charge in [0, 0.05) is 0 Å². The predicted molar refractivity (Wildman–Crippen MR) is 145 cm³/mol. The van der Waals surface area contributed by atoms with Crippen LogP contribution in [0, 0.1) is 11.3 Å². The van der Waals surface area contributed by atoms with Gasteiger partial charge in [-0.2, -0.15) is 5.26 Å². The van der Waals surface area contributed by atoms with Crippen molar-refractivity contribution in [3.8, 4) is 17.6 Å². The monoisotopic (exact) mass is 536 g/mol. The Morgan fingerprint density at radius 2 is 1.75 bits per heavy atom. The zero-order chi connectivity index (χ0) is 25.7. The van der Waals surface area contributed by atoms with Crippen molar-refractivity contribution >= 4 is 63.2 Å². The predicted octanol–water partition coefficient (Wildman–Crippen LogP) is 7.93. The van der Waals surface area contributed by atoms with E-state index in [2.05, 4.69) is 11.4 Å². The third-order valence-electron chi connectivity index (χ3n) is 5.32. The van der Waals surface area contributed by atoms with Gasteiger partial charge in [0.2, 0.25) is 0 Å². The minimum Gasteiger partial charge on any atom is -0.493 e. The van der Waals surface area contributed by atoms with Crippen LogP contribution in [0.15, 0.2) is 78.4 Å². The number of ether oxygens (including phenoxy) is 2. The summed E-state index contributed by atoms with van der Waals surface area (Å²) in [7, 11) is 1.49. The Morgan fingerprint density at radius 1 is 0.972 bits per heavy atom. The van der Waals surface area contributed by atoms with Gasteiger partial charge in [0.1, 0.15) is 18.2 Å². The molecule has 0 fully saturated rings. The molecule has 4 aromatic carbocycles. The summed E-state index contributed by atoms with van der Waals surface area (Å²) in [6, 6.07) is 24.1. The fourth-order valence-electron chi connectivity index (χ4n) is 3.55. The van der Waals surface area contributed by atoms with Crippen LogP contribution in [0.2, 0.25) is 15.1 Å². The molecule has 0 spiro atoms. The second-order valence-corrected chi connectivity index (χ2v) is 8.92. The lowest BCUT2D eigenvalue weighted by molar-refractivity contribution is -0.112. The number of rotatable bonds is 7. The van der Waals surface area contributed by atoms with Crippen LogP contribution in [0.25, 0.3) is 16.8 Å². The lowest BCUT2D eigenvalue weighted by atomic mass is 10.1. The van der Waals surface area contributed by atoms with Crippen LogP contribution < -0.4 is 14.8 Å². The molecule has 180 valence electrons. The number of carbonyl (C=O) groups excluding carboxylic acids is 1. The number of benzene rings is 4. The zero-order valence-electron chi connectivity index (χ0n) is 19.0. The van der Waals surface area contributed by atoms with E-state index in [9.17, 15) is 10.1 Å². The highest BCUT2D eigenvalue weighted by Gasteiger charge is 2.16. The summed E-state index contributed by atoms with van der Waals surface area (Å²) in [5.41, 5.74) is 1.59. The van der Waals surface area contributed by atoms with Crippen LogP contribution in [0.1, 0.15) is 11.1 Å². The molecule has 0 saturated carbocycles. The lowest BCUT2D eigenvalue weighted by Crippen LogP contribution is -2.13. The van der Waals surface area contributed by atoms with Crippen LogP contribution >= 0.6 is 34.8 Å². The van der Waals surface area contributed by atoms with Crippen LogP contribution in [-0.2, 0) is 11.4 Å². The second-order valence-electron chi connectivity index (χ2n) is 7.73. The minimum absolute atomic E-state index is 0.158. The van der Waals surface area contributed by atoms with Gasteiger partial charge in [-0.1, -0.05) is 77.3 Å². The highest BCUT2D eigenvalue weighted by Crippen LogP contribution is 2.38. The molecule has 4 rings (SSSR count). The van der Waals surface area contributed by atoms with Gasteiger partial charge in [-0.25, -0.2) is 0 Å². The highest BCUT2D eigenvalue weighted by molar-refractivity contribution is 6.44. The summed E-state index contributed by atoms with van der Waals surface area (Å²) in [5.74, 6) is 0.0802. The van der Waals surface area contributed by atoms with Gasteiger partial charge in [0.15, 0.2) is 11.5 Å². The normalized spacial score (nSPS) is 11.1. The highest BCUT2D eigenvalue weighted by atomic mass is 35.5. The lowest BCUT2D eigenvalue weighted by Gasteiger charge is -2.14. The largest absolute Gasteiger partial charge is 0.493 e. The zero-order valence-corrected chi connectivity index (χ0v) is 21.3. The summed E-state index contributed by atoms with van der Waals surface area (Å²) in [6.07, 6.45) is 1.40. The van der Waals surface area contributed by atoms with Crippen molar-refractivity contribution in [1.82, 2.24) is 0 Å². The Kier molecular flexibility index (Phi) is 8.02. The fourth-order valence-corrected chi connectivity index (χ4v) is 4.17. The van der Waals surface area contributed by atoms with E-state index in [1.54, 1.807) is 30.3 Å². The maximum atomic E-state index is 12.7. The molecule has 0 saturated heterocycles. The number of nitriles is 1. The molecular formula is C28H19Cl3N2O3. The van der Waals surface area contributed by atoms with Gasteiger partial charge in [-0.3, -0.25) is 4.79 Å². The van der Waals surface area contributed by atoms with Crippen LogP contribution in [0.3, 0.4) is 0 Å². The summed E-state index contributed by atoms with van der Waals surface area (Å²) in [5, 5.41) is 15.2. The number of halogens is 3. The van der Waals surface area contributed by atoms with Gasteiger partial charge in [0.05, 0.1) is 27.9 Å². The molecule has 0 heterocycles. The third kappa shape index (κ3) is 5.75. The van der Waals surface area contributed by atoms with Gasteiger partial charge in [0.25, 0.3) is 5.91 Å². The Balaban J connectivity index is 1.55. The number of hydrogen-bond acceptors (Lipinski definition) is 4. The van der Waals surface area contributed by atoms with Crippen LogP contribution in [0.4, 0.5) is 5.69 Å². The van der Waals surface area contributed by atoms with Gasteiger partial charge in [-0.05, 0) is 58.3 Å². The van der Waals surface area contributed by atoms with E-state index >= 15 is 0 Å². The minimum atomic E-state index is -0.645. The molecule has 0 aliphatic carbocycles. The Hall–Kier alpha value is -3.69. The van der Waals surface area contributed by atoms with E-state index < -0.39 is 5.91 Å². The molecule has 0 radical (unpaired) electrons. The number of nitrogens with zero attached hydrogens (tertiary/aromatic N) is 1. The quantitative estimate of drug-likeness (QED) is 0.192. The molecule has 0 atom stereocenters. The Bertz CT molecular complexity index is 1530. The van der Waals surface area contributed by atoms with Gasteiger partial charge in [-0.15, -0.1) is 0 Å². The smallest absolute Gasteiger partial charge is 0.266 e. The van der Waals surface area contributed by atoms with Gasteiger partial charge < -0.3 is 14.8 Å². The topological polar surface area (TPSA) is 71.3 Å². The molecule has 0 unspecified atom stereocenters. The maximum absolute atomic E-state index is 12.7. The van der Waals surface area contributed by atoms with Crippen LogP contribution in [0.5, 0.6) is 11.5 Å². The molecule has 5 nitrogen and oxygen atoms in total. The van der Waals surface area contributed by atoms with Crippen molar-refractivity contribution in [2.75, 3.05) is 12.4 Å². The number of carbonyl (C=O) groups is 1. The third-order valence-corrected chi connectivity index (χ3v) is 6.42. The van der Waals surface area contributed by atoms with E-state index in [1.165, 1.54) is 13.2 Å². The number of anilines is 1. The number of hydrogen-bond donors (Lipinski definition) is 1. The van der Waals surface area contributed by atoms with Crippen molar-refractivity contribution in [1.29, 1.82) is 5.26 Å². The number of nitrogens with one attached hydrogen (secondary N) is 1. The van der Waals surface area contributed by atoms with Gasteiger partial charge >= 0.3 is 0 Å². The molecule has 0 bridgehead atoms.